The highest BCUT2D eigenvalue weighted by Gasteiger charge is 2.15. The van der Waals surface area contributed by atoms with Gasteiger partial charge in [-0.3, -0.25) is 14.2 Å². The van der Waals surface area contributed by atoms with E-state index in [1.165, 1.54) is 15.6 Å². The molecule has 1 N–H and O–H groups in total. The van der Waals surface area contributed by atoms with E-state index >= 15 is 0 Å². The van der Waals surface area contributed by atoms with Gasteiger partial charge in [0.1, 0.15) is 28.7 Å². The van der Waals surface area contributed by atoms with Crippen molar-refractivity contribution in [2.45, 2.75) is 26.4 Å². The van der Waals surface area contributed by atoms with Crippen LogP contribution < -0.4 is 10.9 Å². The summed E-state index contributed by atoms with van der Waals surface area (Å²) in [5.41, 5.74) is 0.141. The van der Waals surface area contributed by atoms with Crippen molar-refractivity contribution in [2.24, 2.45) is 7.05 Å². The molecule has 0 saturated heterocycles. The van der Waals surface area contributed by atoms with Crippen LogP contribution in [0.2, 0.25) is 0 Å². The van der Waals surface area contributed by atoms with Gasteiger partial charge in [-0.25, -0.2) is 14.3 Å². The fraction of sp³-hybridized carbons (Fsp3) is 0.357. The molecule has 126 valence electrons. The third-order valence-electron chi connectivity index (χ3n) is 3.50. The van der Waals surface area contributed by atoms with Gasteiger partial charge in [0.25, 0.3) is 5.56 Å². The highest BCUT2D eigenvalue weighted by molar-refractivity contribution is 9.10. The molecule has 0 aromatic carbocycles. The molecular formula is C14H16BrN7O2. The molecule has 0 aliphatic rings. The number of halogens is 1. The van der Waals surface area contributed by atoms with Gasteiger partial charge in [0.15, 0.2) is 5.65 Å². The molecule has 24 heavy (non-hydrogen) atoms. The molecule has 0 aliphatic carbocycles. The molecule has 0 atom stereocenters. The Hall–Kier alpha value is -2.49. The van der Waals surface area contributed by atoms with Crippen molar-refractivity contribution >= 4 is 38.7 Å². The summed E-state index contributed by atoms with van der Waals surface area (Å²) in [4.78, 5) is 28.9. The number of hydrogen-bond acceptors (Lipinski definition) is 5. The number of amides is 1. The minimum atomic E-state index is -0.323. The quantitative estimate of drug-likeness (QED) is 0.700. The minimum Gasteiger partial charge on any atom is -0.309 e. The van der Waals surface area contributed by atoms with Gasteiger partial charge >= 0.3 is 0 Å². The fourth-order valence-corrected chi connectivity index (χ4v) is 3.00. The Kier molecular flexibility index (Phi) is 4.47. The summed E-state index contributed by atoms with van der Waals surface area (Å²) < 4.78 is 4.88. The Morgan fingerprint density at radius 2 is 2.21 bits per heavy atom. The van der Waals surface area contributed by atoms with Crippen molar-refractivity contribution in [3.63, 3.8) is 0 Å². The molecule has 10 heteroatoms. The molecule has 3 heterocycles. The molecule has 0 spiro atoms. The van der Waals surface area contributed by atoms with E-state index in [4.69, 9.17) is 0 Å². The molecule has 0 bridgehead atoms. The van der Waals surface area contributed by atoms with Crippen LogP contribution in [0.15, 0.2) is 28.0 Å². The standard InChI is InChI=1S/C14H16BrN7O2/c1-3-6-22-9(4-5-17-22)18-10(23)7-21-8-16-13-11(14(21)24)12(15)19-20(13)2/h4-5,8H,3,6-7H2,1-2H3,(H,18,23). The van der Waals surface area contributed by atoms with Crippen LogP contribution in [0, 0.1) is 0 Å². The summed E-state index contributed by atoms with van der Waals surface area (Å²) in [6.07, 6.45) is 3.87. The predicted molar refractivity (Wildman–Crippen MR) is 91.6 cm³/mol. The van der Waals surface area contributed by atoms with Crippen molar-refractivity contribution in [2.75, 3.05) is 5.32 Å². The molecule has 0 radical (unpaired) electrons. The summed E-state index contributed by atoms with van der Waals surface area (Å²) in [6.45, 7) is 2.60. The number of fused-ring (bicyclic) bond motifs is 1. The number of rotatable bonds is 5. The second-order valence-electron chi connectivity index (χ2n) is 5.28. The van der Waals surface area contributed by atoms with Crippen molar-refractivity contribution in [3.05, 3.63) is 33.5 Å². The van der Waals surface area contributed by atoms with Crippen molar-refractivity contribution < 1.29 is 4.79 Å². The number of carbonyl (C=O) groups is 1. The van der Waals surface area contributed by atoms with Crippen LogP contribution >= 0.6 is 15.9 Å². The molecule has 9 nitrogen and oxygen atoms in total. The van der Waals surface area contributed by atoms with Crippen LogP contribution in [0.1, 0.15) is 13.3 Å². The van der Waals surface area contributed by atoms with Crippen LogP contribution in [0.4, 0.5) is 5.82 Å². The number of carbonyl (C=O) groups excluding carboxylic acids is 1. The van der Waals surface area contributed by atoms with Gasteiger partial charge in [-0.05, 0) is 22.4 Å². The van der Waals surface area contributed by atoms with Gasteiger partial charge in [-0.1, -0.05) is 6.92 Å². The Morgan fingerprint density at radius 1 is 1.42 bits per heavy atom. The average molecular weight is 394 g/mol. The lowest BCUT2D eigenvalue weighted by atomic mass is 10.4. The lowest BCUT2D eigenvalue weighted by Crippen LogP contribution is -2.28. The zero-order chi connectivity index (χ0) is 17.3. The normalized spacial score (nSPS) is 11.1. The van der Waals surface area contributed by atoms with E-state index in [9.17, 15) is 9.59 Å². The lowest BCUT2D eigenvalue weighted by Gasteiger charge is -2.09. The third-order valence-corrected chi connectivity index (χ3v) is 4.06. The van der Waals surface area contributed by atoms with Gasteiger partial charge in [0.2, 0.25) is 5.91 Å². The first-order chi connectivity index (χ1) is 11.5. The van der Waals surface area contributed by atoms with Crippen LogP contribution in [-0.4, -0.2) is 35.0 Å². The first-order valence-corrected chi connectivity index (χ1v) is 8.20. The minimum absolute atomic E-state index is 0.138. The highest BCUT2D eigenvalue weighted by atomic mass is 79.9. The molecule has 3 aromatic rings. The molecule has 0 aliphatic heterocycles. The van der Waals surface area contributed by atoms with E-state index in [0.717, 1.165) is 6.42 Å². The molecular weight excluding hydrogens is 378 g/mol. The summed E-state index contributed by atoms with van der Waals surface area (Å²) in [5, 5.41) is 11.4. The van der Waals surface area contributed by atoms with E-state index in [1.54, 1.807) is 24.0 Å². The van der Waals surface area contributed by atoms with Crippen molar-refractivity contribution in [1.82, 2.24) is 29.1 Å². The van der Waals surface area contributed by atoms with E-state index in [0.29, 0.717) is 28.0 Å². The Morgan fingerprint density at radius 3 is 2.96 bits per heavy atom. The van der Waals surface area contributed by atoms with E-state index in [1.807, 2.05) is 6.92 Å². The molecule has 0 saturated carbocycles. The number of nitrogens with zero attached hydrogens (tertiary/aromatic N) is 6. The van der Waals surface area contributed by atoms with Gasteiger partial charge in [-0.15, -0.1) is 0 Å². The number of aryl methyl sites for hydroxylation is 2. The Bertz CT molecular complexity index is 956. The topological polar surface area (TPSA) is 99.6 Å². The smallest absolute Gasteiger partial charge is 0.266 e. The van der Waals surface area contributed by atoms with Gasteiger partial charge < -0.3 is 5.32 Å². The molecule has 0 unspecified atom stereocenters. The number of nitrogens with one attached hydrogen (secondary N) is 1. The fourth-order valence-electron chi connectivity index (χ4n) is 2.41. The number of anilines is 1. The SMILES string of the molecule is CCCn1nccc1NC(=O)Cn1cnc2c(c(Br)nn2C)c1=O. The summed E-state index contributed by atoms with van der Waals surface area (Å²) >= 11 is 3.25. The van der Waals surface area contributed by atoms with Gasteiger partial charge in [-0.2, -0.15) is 10.2 Å². The van der Waals surface area contributed by atoms with Crippen LogP contribution in [0.25, 0.3) is 11.0 Å². The summed E-state index contributed by atoms with van der Waals surface area (Å²) in [6, 6.07) is 1.72. The summed E-state index contributed by atoms with van der Waals surface area (Å²) in [7, 11) is 1.70. The van der Waals surface area contributed by atoms with E-state index in [2.05, 4.69) is 36.4 Å². The Labute approximate surface area is 145 Å². The highest BCUT2D eigenvalue weighted by Crippen LogP contribution is 2.16. The van der Waals surface area contributed by atoms with Crippen LogP contribution in [0.3, 0.4) is 0 Å². The second kappa shape index (κ2) is 6.56. The summed E-state index contributed by atoms with van der Waals surface area (Å²) in [5.74, 6) is 0.280. The average Bonchev–Trinajstić information content (AvgIpc) is 3.07. The second-order valence-corrected chi connectivity index (χ2v) is 6.03. The molecule has 1 amide bonds. The zero-order valence-electron chi connectivity index (χ0n) is 13.2. The number of aromatic nitrogens is 6. The van der Waals surface area contributed by atoms with E-state index in [-0.39, 0.29) is 18.0 Å². The van der Waals surface area contributed by atoms with Crippen LogP contribution in [0.5, 0.6) is 0 Å². The third kappa shape index (κ3) is 2.96. The Balaban J connectivity index is 1.83. The predicted octanol–water partition coefficient (Wildman–Crippen LogP) is 1.14. The number of hydrogen-bond donors (Lipinski definition) is 1. The van der Waals surface area contributed by atoms with Crippen molar-refractivity contribution in [1.29, 1.82) is 0 Å². The first-order valence-electron chi connectivity index (χ1n) is 7.40. The monoisotopic (exact) mass is 393 g/mol. The zero-order valence-corrected chi connectivity index (χ0v) is 14.8. The lowest BCUT2D eigenvalue weighted by molar-refractivity contribution is -0.116. The van der Waals surface area contributed by atoms with Gasteiger partial charge in [0, 0.05) is 19.7 Å². The first kappa shape index (κ1) is 16.4. The molecule has 0 fully saturated rings. The van der Waals surface area contributed by atoms with Crippen molar-refractivity contribution in [3.8, 4) is 0 Å². The largest absolute Gasteiger partial charge is 0.309 e. The maximum absolute atomic E-state index is 12.5. The van der Waals surface area contributed by atoms with E-state index < -0.39 is 0 Å². The maximum atomic E-state index is 12.5. The van der Waals surface area contributed by atoms with Gasteiger partial charge in [0.05, 0.1) is 6.20 Å². The molecule has 3 rings (SSSR count). The molecule has 3 aromatic heterocycles. The maximum Gasteiger partial charge on any atom is 0.266 e. The van der Waals surface area contributed by atoms with Crippen LogP contribution in [-0.2, 0) is 24.9 Å².